The van der Waals surface area contributed by atoms with Gasteiger partial charge in [0.25, 0.3) is 5.56 Å². The van der Waals surface area contributed by atoms with Crippen LogP contribution in [0.2, 0.25) is 5.02 Å². The molecule has 0 unspecified atom stereocenters. The number of hydrogen-bond acceptors (Lipinski definition) is 5. The summed E-state index contributed by atoms with van der Waals surface area (Å²) in [5.74, 6) is 0.225. The van der Waals surface area contributed by atoms with Crippen LogP contribution in [0.4, 0.5) is 5.82 Å². The van der Waals surface area contributed by atoms with Crippen molar-refractivity contribution < 1.29 is 4.79 Å². The van der Waals surface area contributed by atoms with Gasteiger partial charge in [0.05, 0.1) is 27.4 Å². The maximum atomic E-state index is 13.4. The number of anilines is 1. The van der Waals surface area contributed by atoms with E-state index in [1.807, 2.05) is 44.2 Å². The molecule has 0 spiro atoms. The summed E-state index contributed by atoms with van der Waals surface area (Å²) in [7, 11) is 0. The van der Waals surface area contributed by atoms with Crippen molar-refractivity contribution in [3.05, 3.63) is 87.3 Å². The Morgan fingerprint density at radius 3 is 2.71 bits per heavy atom. The summed E-state index contributed by atoms with van der Waals surface area (Å²) < 4.78 is 1.59. The quantitative estimate of drug-likeness (QED) is 0.349. The molecule has 0 saturated carbocycles. The Labute approximate surface area is 188 Å². The van der Waals surface area contributed by atoms with Crippen LogP contribution in [0.1, 0.15) is 11.1 Å². The number of nitrogens with zero attached hydrogens (tertiary/aromatic N) is 3. The molecule has 156 valence electrons. The molecule has 31 heavy (non-hydrogen) atoms. The van der Waals surface area contributed by atoms with E-state index in [1.165, 1.54) is 18.0 Å². The van der Waals surface area contributed by atoms with Gasteiger partial charge in [0.15, 0.2) is 5.16 Å². The van der Waals surface area contributed by atoms with Crippen molar-refractivity contribution in [3.8, 4) is 5.69 Å². The van der Waals surface area contributed by atoms with Crippen molar-refractivity contribution in [2.45, 2.75) is 19.0 Å². The molecule has 0 aliphatic rings. The molecule has 0 radical (unpaired) electrons. The summed E-state index contributed by atoms with van der Waals surface area (Å²) in [6, 6.07) is 16.4. The smallest absolute Gasteiger partial charge is 0.266 e. The fraction of sp³-hybridized carbons (Fsp3) is 0.130. The highest BCUT2D eigenvalue weighted by Gasteiger charge is 2.16. The number of para-hydroxylation sites is 1. The van der Waals surface area contributed by atoms with E-state index in [0.29, 0.717) is 26.9 Å². The lowest BCUT2D eigenvalue weighted by molar-refractivity contribution is -0.113. The van der Waals surface area contributed by atoms with E-state index in [4.69, 9.17) is 11.6 Å². The highest BCUT2D eigenvalue weighted by atomic mass is 35.5. The number of carbonyl (C=O) groups excluding carboxylic acids is 1. The van der Waals surface area contributed by atoms with Crippen LogP contribution in [0, 0.1) is 13.8 Å². The second-order valence-electron chi connectivity index (χ2n) is 7.04. The molecule has 0 fully saturated rings. The molecule has 6 nitrogen and oxygen atoms in total. The molecule has 8 heteroatoms. The average Bonchev–Trinajstić information content (AvgIpc) is 2.76. The minimum Gasteiger partial charge on any atom is -0.310 e. The average molecular weight is 451 g/mol. The Balaban J connectivity index is 1.70. The van der Waals surface area contributed by atoms with E-state index >= 15 is 0 Å². The van der Waals surface area contributed by atoms with Crippen LogP contribution in [-0.4, -0.2) is 26.2 Å². The number of carbonyl (C=O) groups is 1. The van der Waals surface area contributed by atoms with Gasteiger partial charge < -0.3 is 5.32 Å². The summed E-state index contributed by atoms with van der Waals surface area (Å²) in [6.45, 7) is 3.92. The summed E-state index contributed by atoms with van der Waals surface area (Å²) in [5, 5.41) is 4.20. The zero-order valence-corrected chi connectivity index (χ0v) is 18.5. The molecular formula is C23H19ClN4O2S. The SMILES string of the molecule is Cc1ccc(C)c(-n2c(SCC(=O)Nc3ccc(Cl)cn3)nc3ccccc3c2=O)c1. The number of aromatic nitrogens is 3. The predicted octanol–water partition coefficient (Wildman–Crippen LogP) is 4.78. The van der Waals surface area contributed by atoms with Gasteiger partial charge in [-0.15, -0.1) is 0 Å². The molecule has 0 aliphatic heterocycles. The van der Waals surface area contributed by atoms with Gasteiger partial charge in [0, 0.05) is 6.20 Å². The third-order valence-corrected chi connectivity index (χ3v) is 5.84. The first-order valence-electron chi connectivity index (χ1n) is 9.56. The number of thioether (sulfide) groups is 1. The number of nitrogens with one attached hydrogen (secondary N) is 1. The zero-order chi connectivity index (χ0) is 22.0. The van der Waals surface area contributed by atoms with Gasteiger partial charge in [-0.2, -0.15) is 0 Å². The van der Waals surface area contributed by atoms with Gasteiger partial charge in [-0.05, 0) is 55.3 Å². The van der Waals surface area contributed by atoms with Crippen molar-refractivity contribution in [3.63, 3.8) is 0 Å². The van der Waals surface area contributed by atoms with E-state index in [-0.39, 0.29) is 17.2 Å². The number of amides is 1. The van der Waals surface area contributed by atoms with Crippen LogP contribution >= 0.6 is 23.4 Å². The fourth-order valence-corrected chi connectivity index (χ4v) is 4.06. The predicted molar refractivity (Wildman–Crippen MR) is 125 cm³/mol. The van der Waals surface area contributed by atoms with Crippen LogP contribution in [0.5, 0.6) is 0 Å². The van der Waals surface area contributed by atoms with Crippen molar-refractivity contribution in [2.75, 3.05) is 11.1 Å². The summed E-state index contributed by atoms with van der Waals surface area (Å²) in [6.07, 6.45) is 1.47. The maximum Gasteiger partial charge on any atom is 0.266 e. The Bertz CT molecular complexity index is 1340. The Morgan fingerprint density at radius 2 is 1.94 bits per heavy atom. The molecule has 0 bridgehead atoms. The Hall–Kier alpha value is -3.16. The first kappa shape index (κ1) is 21.1. The van der Waals surface area contributed by atoms with Crippen LogP contribution in [0.25, 0.3) is 16.6 Å². The van der Waals surface area contributed by atoms with E-state index in [1.54, 1.807) is 28.8 Å². The summed E-state index contributed by atoms with van der Waals surface area (Å²) in [4.78, 5) is 34.6. The van der Waals surface area contributed by atoms with Crippen molar-refractivity contribution in [1.82, 2.24) is 14.5 Å². The van der Waals surface area contributed by atoms with Gasteiger partial charge >= 0.3 is 0 Å². The topological polar surface area (TPSA) is 76.9 Å². The standard InChI is InChI=1S/C23H19ClN4O2S/c1-14-7-8-15(2)19(11-14)28-22(30)17-5-3-4-6-18(17)26-23(28)31-13-21(29)27-20-10-9-16(24)12-25-20/h3-12H,13H2,1-2H3,(H,25,27,29). The Morgan fingerprint density at radius 1 is 1.13 bits per heavy atom. The lowest BCUT2D eigenvalue weighted by Crippen LogP contribution is -2.23. The van der Waals surface area contributed by atoms with Gasteiger partial charge in [-0.1, -0.05) is 47.6 Å². The fourth-order valence-electron chi connectivity index (χ4n) is 3.14. The number of aryl methyl sites for hydroxylation is 2. The van der Waals surface area contributed by atoms with Gasteiger partial charge in [0.1, 0.15) is 5.82 Å². The van der Waals surface area contributed by atoms with E-state index in [0.717, 1.165) is 16.8 Å². The first-order chi connectivity index (χ1) is 14.9. The van der Waals surface area contributed by atoms with Crippen LogP contribution in [0.3, 0.4) is 0 Å². The number of halogens is 1. The molecule has 2 aromatic carbocycles. The second kappa shape index (κ2) is 8.91. The molecule has 0 saturated heterocycles. The first-order valence-corrected chi connectivity index (χ1v) is 10.9. The molecule has 1 amide bonds. The lowest BCUT2D eigenvalue weighted by atomic mass is 10.1. The van der Waals surface area contributed by atoms with Crippen molar-refractivity contribution in [2.24, 2.45) is 0 Å². The Kier molecular flexibility index (Phi) is 6.06. The third kappa shape index (κ3) is 4.62. The highest BCUT2D eigenvalue weighted by molar-refractivity contribution is 7.99. The van der Waals surface area contributed by atoms with Crippen LogP contribution in [0.15, 0.2) is 70.7 Å². The number of benzene rings is 2. The molecule has 1 N–H and O–H groups in total. The molecule has 2 heterocycles. The highest BCUT2D eigenvalue weighted by Crippen LogP contribution is 2.24. The lowest BCUT2D eigenvalue weighted by Gasteiger charge is -2.15. The normalized spacial score (nSPS) is 10.9. The van der Waals surface area contributed by atoms with Gasteiger partial charge in [-0.25, -0.2) is 9.97 Å². The van der Waals surface area contributed by atoms with Crippen LogP contribution < -0.4 is 10.9 Å². The van der Waals surface area contributed by atoms with Crippen molar-refractivity contribution >= 4 is 46.0 Å². The number of fused-ring (bicyclic) bond motifs is 1. The molecule has 0 aliphatic carbocycles. The molecule has 2 aromatic heterocycles. The third-order valence-electron chi connectivity index (χ3n) is 4.68. The van der Waals surface area contributed by atoms with E-state index in [2.05, 4.69) is 15.3 Å². The van der Waals surface area contributed by atoms with E-state index in [9.17, 15) is 9.59 Å². The zero-order valence-electron chi connectivity index (χ0n) is 16.9. The van der Waals surface area contributed by atoms with Gasteiger partial charge in [-0.3, -0.25) is 14.2 Å². The minimum absolute atomic E-state index is 0.0694. The largest absolute Gasteiger partial charge is 0.310 e. The minimum atomic E-state index is -0.255. The number of rotatable bonds is 5. The van der Waals surface area contributed by atoms with Gasteiger partial charge in [0.2, 0.25) is 5.91 Å². The van der Waals surface area contributed by atoms with E-state index < -0.39 is 0 Å². The summed E-state index contributed by atoms with van der Waals surface area (Å²) in [5.41, 5.74) is 3.16. The number of pyridine rings is 1. The maximum absolute atomic E-state index is 13.4. The molecule has 4 aromatic rings. The monoisotopic (exact) mass is 450 g/mol. The van der Waals surface area contributed by atoms with Crippen molar-refractivity contribution in [1.29, 1.82) is 0 Å². The molecular weight excluding hydrogens is 432 g/mol. The van der Waals surface area contributed by atoms with Crippen LogP contribution in [-0.2, 0) is 4.79 Å². The molecule has 0 atom stereocenters. The second-order valence-corrected chi connectivity index (χ2v) is 8.42. The molecule has 4 rings (SSSR count). The number of hydrogen-bond donors (Lipinski definition) is 1. The summed E-state index contributed by atoms with van der Waals surface area (Å²) >= 11 is 7.03.